The zero-order valence-electron chi connectivity index (χ0n) is 9.49. The van der Waals surface area contributed by atoms with Crippen LogP contribution in [-0.2, 0) is 10.0 Å². The Kier molecular flexibility index (Phi) is 4.98. The fourth-order valence-electron chi connectivity index (χ4n) is 1.84. The van der Waals surface area contributed by atoms with Crippen molar-refractivity contribution in [3.05, 3.63) is 0 Å². The van der Waals surface area contributed by atoms with E-state index in [1.807, 2.05) is 0 Å². The number of piperidine rings is 1. The maximum absolute atomic E-state index is 10.8. The van der Waals surface area contributed by atoms with Crippen molar-refractivity contribution in [1.82, 2.24) is 14.9 Å². The largest absolute Gasteiger partial charge is 0.317 e. The lowest BCUT2D eigenvalue weighted by Crippen LogP contribution is -2.43. The van der Waals surface area contributed by atoms with Crippen molar-refractivity contribution in [1.29, 1.82) is 0 Å². The third-order valence-corrected chi connectivity index (χ3v) is 3.49. The summed E-state index contributed by atoms with van der Waals surface area (Å²) in [5, 5.41) is 3.31. The molecule has 1 fully saturated rings. The third kappa shape index (κ3) is 5.46. The van der Waals surface area contributed by atoms with E-state index in [2.05, 4.69) is 22.0 Å². The SMILES string of the molecule is CN(CCNS(C)(=O)=O)C1CCNCC1. The molecule has 0 aromatic heterocycles. The van der Waals surface area contributed by atoms with E-state index >= 15 is 0 Å². The van der Waals surface area contributed by atoms with E-state index in [1.54, 1.807) is 0 Å². The van der Waals surface area contributed by atoms with Crippen molar-refractivity contribution >= 4 is 10.0 Å². The Hall–Kier alpha value is -0.170. The van der Waals surface area contributed by atoms with Crippen LogP contribution in [0.2, 0.25) is 0 Å². The highest BCUT2D eigenvalue weighted by Crippen LogP contribution is 2.08. The van der Waals surface area contributed by atoms with Gasteiger partial charge in [-0.05, 0) is 33.0 Å². The molecule has 0 amide bonds. The summed E-state index contributed by atoms with van der Waals surface area (Å²) in [6, 6.07) is 0.590. The van der Waals surface area contributed by atoms with Crippen molar-refractivity contribution in [3.63, 3.8) is 0 Å². The number of hydrogen-bond acceptors (Lipinski definition) is 4. The van der Waals surface area contributed by atoms with Crippen LogP contribution in [0.4, 0.5) is 0 Å². The first-order valence-corrected chi connectivity index (χ1v) is 7.24. The molecule has 0 aliphatic carbocycles. The first-order valence-electron chi connectivity index (χ1n) is 5.34. The maximum atomic E-state index is 10.8. The van der Waals surface area contributed by atoms with Crippen LogP contribution in [0.5, 0.6) is 0 Å². The smallest absolute Gasteiger partial charge is 0.208 e. The van der Waals surface area contributed by atoms with Gasteiger partial charge in [-0.2, -0.15) is 0 Å². The van der Waals surface area contributed by atoms with E-state index in [0.29, 0.717) is 12.6 Å². The first kappa shape index (κ1) is 12.9. The highest BCUT2D eigenvalue weighted by molar-refractivity contribution is 7.88. The molecule has 0 unspecified atom stereocenters. The zero-order chi connectivity index (χ0) is 11.3. The van der Waals surface area contributed by atoms with Crippen LogP contribution in [0.3, 0.4) is 0 Å². The third-order valence-electron chi connectivity index (χ3n) is 2.76. The summed E-state index contributed by atoms with van der Waals surface area (Å²) >= 11 is 0. The predicted molar refractivity (Wildman–Crippen MR) is 61.4 cm³/mol. The molecule has 6 heteroatoms. The molecule has 1 aliphatic rings. The molecule has 0 spiro atoms. The van der Waals surface area contributed by atoms with Crippen molar-refractivity contribution in [3.8, 4) is 0 Å². The van der Waals surface area contributed by atoms with E-state index < -0.39 is 10.0 Å². The van der Waals surface area contributed by atoms with Crippen LogP contribution in [-0.4, -0.2) is 58.8 Å². The van der Waals surface area contributed by atoms with Gasteiger partial charge >= 0.3 is 0 Å². The van der Waals surface area contributed by atoms with Crippen LogP contribution in [0.15, 0.2) is 0 Å². The summed E-state index contributed by atoms with van der Waals surface area (Å²) in [6.07, 6.45) is 3.49. The Bertz CT molecular complexity index is 273. The van der Waals surface area contributed by atoms with Crippen molar-refractivity contribution in [2.45, 2.75) is 18.9 Å². The van der Waals surface area contributed by atoms with Crippen molar-refractivity contribution in [2.24, 2.45) is 0 Å². The highest BCUT2D eigenvalue weighted by Gasteiger charge is 2.17. The quantitative estimate of drug-likeness (QED) is 0.656. The topological polar surface area (TPSA) is 61.4 Å². The lowest BCUT2D eigenvalue weighted by molar-refractivity contribution is 0.202. The summed E-state index contributed by atoms with van der Waals surface area (Å²) in [7, 11) is -0.984. The predicted octanol–water partition coefficient (Wildman–Crippen LogP) is -0.781. The molecule has 1 aliphatic heterocycles. The molecule has 1 rings (SSSR count). The molecule has 0 aromatic carbocycles. The van der Waals surface area contributed by atoms with Gasteiger partial charge in [-0.15, -0.1) is 0 Å². The average Bonchev–Trinajstić information content (AvgIpc) is 2.17. The van der Waals surface area contributed by atoms with Gasteiger partial charge in [0.2, 0.25) is 10.0 Å². The van der Waals surface area contributed by atoms with Gasteiger partial charge in [0, 0.05) is 19.1 Å². The summed E-state index contributed by atoms with van der Waals surface area (Å²) in [4.78, 5) is 2.24. The molecule has 0 saturated carbocycles. The summed E-state index contributed by atoms with van der Waals surface area (Å²) < 4.78 is 24.2. The Labute approximate surface area is 92.3 Å². The van der Waals surface area contributed by atoms with Crippen LogP contribution in [0.25, 0.3) is 0 Å². The molecule has 2 N–H and O–H groups in total. The van der Waals surface area contributed by atoms with Gasteiger partial charge in [0.15, 0.2) is 0 Å². The summed E-state index contributed by atoms with van der Waals surface area (Å²) in [5.74, 6) is 0. The summed E-state index contributed by atoms with van der Waals surface area (Å²) in [5.41, 5.74) is 0. The van der Waals surface area contributed by atoms with E-state index in [1.165, 1.54) is 6.26 Å². The van der Waals surface area contributed by atoms with Gasteiger partial charge in [-0.1, -0.05) is 0 Å². The second kappa shape index (κ2) is 5.79. The lowest BCUT2D eigenvalue weighted by Gasteiger charge is -2.31. The van der Waals surface area contributed by atoms with Gasteiger partial charge < -0.3 is 10.2 Å². The van der Waals surface area contributed by atoms with Crippen LogP contribution >= 0.6 is 0 Å². The van der Waals surface area contributed by atoms with Crippen LogP contribution in [0, 0.1) is 0 Å². The number of hydrogen-bond donors (Lipinski definition) is 2. The number of sulfonamides is 1. The molecule has 15 heavy (non-hydrogen) atoms. The van der Waals surface area contributed by atoms with E-state index in [4.69, 9.17) is 0 Å². The second-order valence-corrected chi connectivity index (χ2v) is 5.96. The van der Waals surface area contributed by atoms with Gasteiger partial charge in [0.05, 0.1) is 6.26 Å². The van der Waals surface area contributed by atoms with E-state index in [9.17, 15) is 8.42 Å². The molecule has 0 radical (unpaired) electrons. The normalized spacial score (nSPS) is 19.7. The zero-order valence-corrected chi connectivity index (χ0v) is 10.3. The Morgan fingerprint density at radius 2 is 2.00 bits per heavy atom. The Morgan fingerprint density at radius 1 is 1.40 bits per heavy atom. The molecule has 0 aromatic rings. The molecular formula is C9H21N3O2S. The average molecular weight is 235 g/mol. The van der Waals surface area contributed by atoms with Crippen molar-refractivity contribution < 1.29 is 8.42 Å². The minimum Gasteiger partial charge on any atom is -0.317 e. The molecule has 1 heterocycles. The second-order valence-electron chi connectivity index (χ2n) is 4.13. The van der Waals surface area contributed by atoms with E-state index in [-0.39, 0.29) is 0 Å². The number of rotatable bonds is 5. The van der Waals surface area contributed by atoms with Crippen molar-refractivity contribution in [2.75, 3.05) is 39.5 Å². The fraction of sp³-hybridized carbons (Fsp3) is 1.00. The molecule has 1 saturated heterocycles. The minimum absolute atomic E-state index is 0.499. The molecular weight excluding hydrogens is 214 g/mol. The molecule has 5 nitrogen and oxygen atoms in total. The molecule has 0 bridgehead atoms. The number of nitrogens with one attached hydrogen (secondary N) is 2. The Morgan fingerprint density at radius 3 is 2.53 bits per heavy atom. The summed E-state index contributed by atoms with van der Waals surface area (Å²) in [6.45, 7) is 3.40. The highest BCUT2D eigenvalue weighted by atomic mass is 32.2. The lowest BCUT2D eigenvalue weighted by atomic mass is 10.1. The van der Waals surface area contributed by atoms with Gasteiger partial charge in [0.25, 0.3) is 0 Å². The maximum Gasteiger partial charge on any atom is 0.208 e. The standard InChI is InChI=1S/C9H21N3O2S/c1-12(8-7-11-15(2,13)14)9-3-5-10-6-4-9/h9-11H,3-8H2,1-2H3. The van der Waals surface area contributed by atoms with Gasteiger partial charge in [0.1, 0.15) is 0 Å². The Balaban J connectivity index is 2.20. The molecule has 90 valence electrons. The van der Waals surface area contributed by atoms with E-state index in [0.717, 1.165) is 32.5 Å². The number of likely N-dealkylation sites (N-methyl/N-ethyl adjacent to an activating group) is 1. The first-order chi connectivity index (χ1) is 6.99. The molecule has 0 atom stereocenters. The minimum atomic E-state index is -3.04. The number of nitrogens with zero attached hydrogens (tertiary/aromatic N) is 1. The monoisotopic (exact) mass is 235 g/mol. The van der Waals surface area contributed by atoms with Gasteiger partial charge in [-0.25, -0.2) is 13.1 Å². The van der Waals surface area contributed by atoms with Crippen LogP contribution in [0.1, 0.15) is 12.8 Å². The fourth-order valence-corrected chi connectivity index (χ4v) is 2.30. The van der Waals surface area contributed by atoms with Crippen LogP contribution < -0.4 is 10.0 Å². The van der Waals surface area contributed by atoms with Gasteiger partial charge in [-0.3, -0.25) is 0 Å².